The van der Waals surface area contributed by atoms with E-state index in [0.29, 0.717) is 13.0 Å². The molecule has 0 atom stereocenters. The number of hydrogen-bond acceptors (Lipinski definition) is 5. The second-order valence-corrected chi connectivity index (χ2v) is 5.15. The monoisotopic (exact) mass is 298 g/mol. The first-order valence-electron chi connectivity index (χ1n) is 5.54. The van der Waals surface area contributed by atoms with E-state index < -0.39 is 4.92 Å². The molecule has 1 aromatic carbocycles. The number of hydrogen-bond donors (Lipinski definition) is 0. The van der Waals surface area contributed by atoms with Crippen molar-refractivity contribution in [3.63, 3.8) is 0 Å². The number of ether oxygens (including phenoxy) is 1. The molecule has 7 heteroatoms. The van der Waals surface area contributed by atoms with Crippen LogP contribution in [0.25, 0.3) is 0 Å². The molecule has 1 heterocycles. The van der Waals surface area contributed by atoms with Crippen molar-refractivity contribution in [3.8, 4) is 5.75 Å². The lowest BCUT2D eigenvalue weighted by molar-refractivity contribution is -0.385. The minimum Gasteiger partial charge on any atom is -0.486 e. The molecule has 5 nitrogen and oxygen atoms in total. The smallest absolute Gasteiger partial charge is 0.329 e. The van der Waals surface area contributed by atoms with Gasteiger partial charge >= 0.3 is 5.69 Å². The van der Waals surface area contributed by atoms with Crippen LogP contribution in [-0.4, -0.2) is 16.5 Å². The lowest BCUT2D eigenvalue weighted by Crippen LogP contribution is -2.03. The topological polar surface area (TPSA) is 65.3 Å². The average Bonchev–Trinajstić information content (AvgIpc) is 2.75. The number of nitro benzene ring substituents is 1. The molecule has 0 spiro atoms. The van der Waals surface area contributed by atoms with Gasteiger partial charge in [0.15, 0.2) is 5.75 Å². The third kappa shape index (κ3) is 3.21. The van der Waals surface area contributed by atoms with Crippen molar-refractivity contribution >= 4 is 28.6 Å². The van der Waals surface area contributed by atoms with Crippen LogP contribution in [0.5, 0.6) is 5.75 Å². The summed E-state index contributed by atoms with van der Waals surface area (Å²) in [5, 5.41) is 11.0. The van der Waals surface area contributed by atoms with Gasteiger partial charge in [-0.05, 0) is 19.1 Å². The van der Waals surface area contributed by atoms with E-state index in [0.717, 1.165) is 10.6 Å². The molecule has 1 aromatic heterocycles. The van der Waals surface area contributed by atoms with E-state index in [1.807, 2.05) is 6.92 Å². The first kappa shape index (κ1) is 13.8. The molecule has 0 saturated carbocycles. The summed E-state index contributed by atoms with van der Waals surface area (Å²) in [5.41, 5.74) is 2.55. The molecular formula is C12H11ClN2O3S. The van der Waals surface area contributed by atoms with Gasteiger partial charge in [-0.3, -0.25) is 10.1 Å². The highest BCUT2D eigenvalue weighted by molar-refractivity contribution is 7.09. The van der Waals surface area contributed by atoms with Gasteiger partial charge in [0.05, 0.1) is 22.7 Å². The number of halogens is 1. The predicted octanol–water partition coefficient (Wildman–Crippen LogP) is 3.63. The maximum absolute atomic E-state index is 10.9. The van der Waals surface area contributed by atoms with Crippen molar-refractivity contribution in [1.82, 2.24) is 4.98 Å². The Kier molecular flexibility index (Phi) is 4.34. The van der Waals surface area contributed by atoms with Gasteiger partial charge in [-0.15, -0.1) is 11.3 Å². The fourth-order valence-corrected chi connectivity index (χ4v) is 2.61. The maximum Gasteiger partial charge on any atom is 0.329 e. The van der Waals surface area contributed by atoms with Crippen LogP contribution in [0.15, 0.2) is 23.7 Å². The number of para-hydroxylation sites is 1. The van der Waals surface area contributed by atoms with Gasteiger partial charge in [-0.1, -0.05) is 17.7 Å². The van der Waals surface area contributed by atoms with Crippen molar-refractivity contribution in [2.24, 2.45) is 0 Å². The maximum atomic E-state index is 10.9. The quantitative estimate of drug-likeness (QED) is 0.624. The summed E-state index contributed by atoms with van der Waals surface area (Å²) >= 11 is 7.35. The molecule has 0 bridgehead atoms. The van der Waals surface area contributed by atoms with Gasteiger partial charge in [-0.25, -0.2) is 4.98 Å². The average molecular weight is 299 g/mol. The number of thiazole rings is 1. The van der Waals surface area contributed by atoms with Gasteiger partial charge in [0, 0.05) is 11.3 Å². The molecule has 2 aromatic rings. The zero-order chi connectivity index (χ0) is 13.8. The first-order chi connectivity index (χ1) is 9.09. The van der Waals surface area contributed by atoms with Crippen molar-refractivity contribution in [2.75, 3.05) is 6.61 Å². The van der Waals surface area contributed by atoms with Gasteiger partial charge < -0.3 is 4.74 Å². The van der Waals surface area contributed by atoms with Crippen molar-refractivity contribution in [2.45, 2.75) is 13.3 Å². The van der Waals surface area contributed by atoms with Gasteiger partial charge in [0.25, 0.3) is 0 Å². The van der Waals surface area contributed by atoms with Crippen LogP contribution < -0.4 is 4.74 Å². The van der Waals surface area contributed by atoms with Crippen LogP contribution in [-0.2, 0) is 6.42 Å². The summed E-state index contributed by atoms with van der Waals surface area (Å²) in [6, 6.07) is 4.64. The SMILES string of the molecule is Cc1ncsc1CCOc1cccc(Cl)c1[N+](=O)[O-]. The minimum atomic E-state index is -0.532. The summed E-state index contributed by atoms with van der Waals surface area (Å²) in [4.78, 5) is 15.6. The van der Waals surface area contributed by atoms with E-state index in [9.17, 15) is 10.1 Å². The number of rotatable bonds is 5. The van der Waals surface area contributed by atoms with Gasteiger partial charge in [-0.2, -0.15) is 0 Å². The lowest BCUT2D eigenvalue weighted by Gasteiger charge is -2.06. The van der Waals surface area contributed by atoms with Crippen LogP contribution >= 0.6 is 22.9 Å². The standard InChI is InChI=1S/C12H11ClN2O3S/c1-8-11(19-7-14-8)5-6-18-10-4-2-3-9(13)12(10)15(16)17/h2-4,7H,5-6H2,1H3. The molecule has 0 saturated heterocycles. The predicted molar refractivity (Wildman–Crippen MR) is 74.2 cm³/mol. The van der Waals surface area contributed by atoms with Gasteiger partial charge in [0.2, 0.25) is 0 Å². The highest BCUT2D eigenvalue weighted by Gasteiger charge is 2.19. The summed E-state index contributed by atoms with van der Waals surface area (Å²) in [5.74, 6) is 0.194. The van der Waals surface area contributed by atoms with Crippen LogP contribution in [0.1, 0.15) is 10.6 Å². The fraction of sp³-hybridized carbons (Fsp3) is 0.250. The second-order valence-electron chi connectivity index (χ2n) is 3.80. The van der Waals surface area contributed by atoms with Crippen LogP contribution in [0.4, 0.5) is 5.69 Å². The Hall–Kier alpha value is -1.66. The summed E-state index contributed by atoms with van der Waals surface area (Å²) in [6.07, 6.45) is 0.667. The molecule has 0 aliphatic rings. The summed E-state index contributed by atoms with van der Waals surface area (Å²) < 4.78 is 5.46. The molecule has 0 radical (unpaired) electrons. The zero-order valence-corrected chi connectivity index (χ0v) is 11.7. The molecule has 0 unspecified atom stereocenters. The normalized spacial score (nSPS) is 10.4. The minimum absolute atomic E-state index is 0.0801. The molecule has 19 heavy (non-hydrogen) atoms. The number of benzene rings is 1. The Labute approximate surface area is 119 Å². The second kappa shape index (κ2) is 5.99. The van der Waals surface area contributed by atoms with Crippen molar-refractivity contribution < 1.29 is 9.66 Å². The fourth-order valence-electron chi connectivity index (χ4n) is 1.61. The Morgan fingerprint density at radius 3 is 2.95 bits per heavy atom. The third-order valence-corrected chi connectivity index (χ3v) is 3.86. The number of nitro groups is 1. The van der Waals surface area contributed by atoms with Crippen LogP contribution in [0, 0.1) is 17.0 Å². The Balaban J connectivity index is 2.06. The van der Waals surface area contributed by atoms with Crippen LogP contribution in [0.2, 0.25) is 5.02 Å². The van der Waals surface area contributed by atoms with E-state index >= 15 is 0 Å². The van der Waals surface area contributed by atoms with E-state index in [-0.39, 0.29) is 16.5 Å². The lowest BCUT2D eigenvalue weighted by atomic mass is 10.3. The van der Waals surface area contributed by atoms with Crippen LogP contribution in [0.3, 0.4) is 0 Å². The molecule has 0 amide bonds. The first-order valence-corrected chi connectivity index (χ1v) is 6.80. The summed E-state index contributed by atoms with van der Waals surface area (Å²) in [6.45, 7) is 2.28. The summed E-state index contributed by atoms with van der Waals surface area (Å²) in [7, 11) is 0. The molecule has 100 valence electrons. The highest BCUT2D eigenvalue weighted by Crippen LogP contribution is 2.34. The Morgan fingerprint density at radius 1 is 1.53 bits per heavy atom. The highest BCUT2D eigenvalue weighted by atomic mass is 35.5. The molecule has 0 N–H and O–H groups in total. The van der Waals surface area contributed by atoms with E-state index in [1.54, 1.807) is 29.0 Å². The molecule has 0 aliphatic heterocycles. The number of nitrogens with zero attached hydrogens (tertiary/aromatic N) is 2. The molecule has 0 aliphatic carbocycles. The van der Waals surface area contributed by atoms with Crippen molar-refractivity contribution in [1.29, 1.82) is 0 Å². The zero-order valence-electron chi connectivity index (χ0n) is 10.1. The molecule has 0 fully saturated rings. The van der Waals surface area contributed by atoms with E-state index in [2.05, 4.69) is 4.98 Å². The Morgan fingerprint density at radius 2 is 2.32 bits per heavy atom. The number of aryl methyl sites for hydroxylation is 1. The molecular weight excluding hydrogens is 288 g/mol. The third-order valence-electron chi connectivity index (χ3n) is 2.56. The van der Waals surface area contributed by atoms with E-state index in [4.69, 9.17) is 16.3 Å². The van der Waals surface area contributed by atoms with Crippen molar-refractivity contribution in [3.05, 3.63) is 49.4 Å². The van der Waals surface area contributed by atoms with E-state index in [1.165, 1.54) is 6.07 Å². The Bertz CT molecular complexity index is 600. The number of aromatic nitrogens is 1. The molecule has 2 rings (SSSR count). The largest absolute Gasteiger partial charge is 0.486 e. The van der Waals surface area contributed by atoms with Gasteiger partial charge in [0.1, 0.15) is 5.02 Å².